The molecule has 0 fully saturated rings. The zero-order valence-electron chi connectivity index (χ0n) is 14.9. The summed E-state index contributed by atoms with van der Waals surface area (Å²) in [7, 11) is 0. The van der Waals surface area contributed by atoms with Crippen molar-refractivity contribution in [1.29, 1.82) is 0 Å². The van der Waals surface area contributed by atoms with E-state index in [4.69, 9.17) is 4.74 Å². The van der Waals surface area contributed by atoms with Gasteiger partial charge in [0.2, 0.25) is 5.91 Å². The number of amides is 1. The van der Waals surface area contributed by atoms with E-state index >= 15 is 0 Å². The highest BCUT2D eigenvalue weighted by molar-refractivity contribution is 5.96. The lowest BCUT2D eigenvalue weighted by molar-refractivity contribution is -0.286. The molecule has 0 saturated carbocycles. The number of fused-ring (bicyclic) bond motifs is 2. The zero-order valence-corrected chi connectivity index (χ0v) is 14.9. The van der Waals surface area contributed by atoms with Crippen LogP contribution in [0.3, 0.4) is 0 Å². The Morgan fingerprint density at radius 2 is 2.08 bits per heavy atom. The van der Waals surface area contributed by atoms with E-state index in [0.717, 1.165) is 5.57 Å². The SMILES string of the molecule is C=C(OCC(C)C)/C(=C\C)C1CC(=O)Nc2cc3c(cc21)OC(F)(F)O3. The minimum absolute atomic E-state index is 0.0564. The van der Waals surface area contributed by atoms with Crippen LogP contribution in [-0.4, -0.2) is 18.8 Å². The predicted molar refractivity (Wildman–Crippen MR) is 92.3 cm³/mol. The van der Waals surface area contributed by atoms with Gasteiger partial charge in [0.05, 0.1) is 6.61 Å². The number of ether oxygens (including phenoxy) is 3. The number of carbonyl (C=O) groups is 1. The number of anilines is 1. The summed E-state index contributed by atoms with van der Waals surface area (Å²) in [5, 5.41) is 2.70. The second-order valence-corrected chi connectivity index (χ2v) is 6.73. The van der Waals surface area contributed by atoms with E-state index < -0.39 is 6.29 Å². The van der Waals surface area contributed by atoms with Gasteiger partial charge in [-0.15, -0.1) is 8.78 Å². The van der Waals surface area contributed by atoms with E-state index in [1.54, 1.807) is 0 Å². The summed E-state index contributed by atoms with van der Waals surface area (Å²) < 4.78 is 41.4. The Bertz CT molecular complexity index is 786. The Morgan fingerprint density at radius 1 is 1.42 bits per heavy atom. The number of allylic oxidation sites excluding steroid dienone is 2. The highest BCUT2D eigenvalue weighted by Crippen LogP contribution is 2.49. The molecule has 1 aromatic rings. The van der Waals surface area contributed by atoms with Crippen LogP contribution in [0.4, 0.5) is 14.5 Å². The first-order chi connectivity index (χ1) is 12.2. The second-order valence-electron chi connectivity index (χ2n) is 6.73. The van der Waals surface area contributed by atoms with Gasteiger partial charge in [0.1, 0.15) is 5.76 Å². The van der Waals surface area contributed by atoms with Crippen molar-refractivity contribution in [2.45, 2.75) is 39.4 Å². The maximum Gasteiger partial charge on any atom is 0.586 e. The van der Waals surface area contributed by atoms with E-state index in [0.29, 0.717) is 29.5 Å². The van der Waals surface area contributed by atoms with Crippen molar-refractivity contribution in [2.24, 2.45) is 5.92 Å². The van der Waals surface area contributed by atoms with Crippen LogP contribution < -0.4 is 14.8 Å². The summed E-state index contributed by atoms with van der Waals surface area (Å²) in [4.78, 5) is 12.1. The fraction of sp³-hybridized carbons (Fsp3) is 0.421. The Kier molecular flexibility index (Phi) is 4.64. The predicted octanol–water partition coefficient (Wildman–Crippen LogP) is 4.57. The van der Waals surface area contributed by atoms with Gasteiger partial charge in [-0.1, -0.05) is 26.5 Å². The van der Waals surface area contributed by atoms with Gasteiger partial charge in [-0.2, -0.15) is 0 Å². The Labute approximate surface area is 150 Å². The third kappa shape index (κ3) is 3.52. The molecular formula is C19H21F2NO4. The summed E-state index contributed by atoms with van der Waals surface area (Å²) in [6.07, 6.45) is -1.72. The van der Waals surface area contributed by atoms with E-state index in [1.165, 1.54) is 12.1 Å². The van der Waals surface area contributed by atoms with Crippen LogP contribution >= 0.6 is 0 Å². The molecule has 2 heterocycles. The zero-order chi connectivity index (χ0) is 19.1. The number of hydrogen-bond acceptors (Lipinski definition) is 4. The average molecular weight is 365 g/mol. The molecule has 0 radical (unpaired) electrons. The fourth-order valence-corrected chi connectivity index (χ4v) is 3.09. The highest BCUT2D eigenvalue weighted by atomic mass is 19.3. The fourth-order valence-electron chi connectivity index (χ4n) is 3.09. The van der Waals surface area contributed by atoms with Gasteiger partial charge in [0.25, 0.3) is 0 Å². The maximum absolute atomic E-state index is 13.3. The molecular weight excluding hydrogens is 344 g/mol. The van der Waals surface area contributed by atoms with Gasteiger partial charge >= 0.3 is 6.29 Å². The highest BCUT2D eigenvalue weighted by Gasteiger charge is 2.45. The van der Waals surface area contributed by atoms with Crippen LogP contribution in [-0.2, 0) is 9.53 Å². The molecule has 1 N–H and O–H groups in total. The number of rotatable bonds is 5. The minimum Gasteiger partial charge on any atom is -0.494 e. The molecule has 3 rings (SSSR count). The Hall–Kier alpha value is -2.57. The molecule has 0 aromatic heterocycles. The maximum atomic E-state index is 13.3. The quantitative estimate of drug-likeness (QED) is 0.614. The molecule has 1 atom stereocenters. The van der Waals surface area contributed by atoms with Crippen molar-refractivity contribution in [3.8, 4) is 11.5 Å². The van der Waals surface area contributed by atoms with Crippen LogP contribution in [0, 0.1) is 5.92 Å². The number of carbonyl (C=O) groups excluding carboxylic acids is 1. The molecule has 1 unspecified atom stereocenters. The molecule has 0 saturated heterocycles. The first kappa shape index (κ1) is 18.2. The molecule has 1 aromatic carbocycles. The number of alkyl halides is 2. The lowest BCUT2D eigenvalue weighted by Crippen LogP contribution is -2.25. The van der Waals surface area contributed by atoms with Crippen molar-refractivity contribution in [3.63, 3.8) is 0 Å². The van der Waals surface area contributed by atoms with Crippen LogP contribution in [0.5, 0.6) is 11.5 Å². The van der Waals surface area contributed by atoms with Crippen molar-refractivity contribution < 1.29 is 27.8 Å². The van der Waals surface area contributed by atoms with Crippen LogP contribution in [0.2, 0.25) is 0 Å². The molecule has 0 spiro atoms. The van der Waals surface area contributed by atoms with Crippen molar-refractivity contribution in [1.82, 2.24) is 0 Å². The summed E-state index contributed by atoms with van der Waals surface area (Å²) >= 11 is 0. The molecule has 1 amide bonds. The number of benzene rings is 1. The Morgan fingerprint density at radius 3 is 2.69 bits per heavy atom. The summed E-state index contributed by atoms with van der Waals surface area (Å²) in [6, 6.07) is 2.84. The van der Waals surface area contributed by atoms with E-state index in [1.807, 2.05) is 26.8 Å². The molecule has 5 nitrogen and oxygen atoms in total. The molecule has 140 valence electrons. The molecule has 2 aliphatic rings. The van der Waals surface area contributed by atoms with Crippen molar-refractivity contribution >= 4 is 11.6 Å². The standard InChI is InChI=1S/C19H21F2NO4/c1-5-12(11(4)24-9-10(2)3)13-7-18(23)22-15-8-17-16(6-14(13)15)25-19(20,21)26-17/h5-6,8,10,13H,4,7,9H2,1-3H3,(H,22,23)/b12-5+. The Balaban J connectivity index is 1.95. The van der Waals surface area contributed by atoms with Gasteiger partial charge in [-0.3, -0.25) is 4.79 Å². The minimum atomic E-state index is -3.71. The van der Waals surface area contributed by atoms with Gasteiger partial charge in [0.15, 0.2) is 11.5 Å². The van der Waals surface area contributed by atoms with Crippen LogP contribution in [0.15, 0.2) is 36.1 Å². The molecule has 7 heteroatoms. The van der Waals surface area contributed by atoms with E-state index in [-0.39, 0.29) is 29.7 Å². The molecule has 2 aliphatic heterocycles. The van der Waals surface area contributed by atoms with E-state index in [2.05, 4.69) is 21.4 Å². The van der Waals surface area contributed by atoms with Crippen LogP contribution in [0.25, 0.3) is 0 Å². The monoisotopic (exact) mass is 365 g/mol. The average Bonchev–Trinajstić information content (AvgIpc) is 2.84. The van der Waals surface area contributed by atoms with Gasteiger partial charge in [0, 0.05) is 24.1 Å². The van der Waals surface area contributed by atoms with E-state index in [9.17, 15) is 13.6 Å². The van der Waals surface area contributed by atoms with Crippen LogP contribution in [0.1, 0.15) is 38.7 Å². The lowest BCUT2D eigenvalue weighted by Gasteiger charge is -2.29. The van der Waals surface area contributed by atoms with Crippen molar-refractivity contribution in [3.05, 3.63) is 41.7 Å². The third-order valence-corrected chi connectivity index (χ3v) is 4.21. The van der Waals surface area contributed by atoms with Crippen molar-refractivity contribution in [2.75, 3.05) is 11.9 Å². The third-order valence-electron chi connectivity index (χ3n) is 4.21. The lowest BCUT2D eigenvalue weighted by atomic mass is 9.83. The smallest absolute Gasteiger partial charge is 0.494 e. The summed E-state index contributed by atoms with van der Waals surface area (Å²) in [5.74, 6) is 0.0408. The normalized spacial score (nSPS) is 20.6. The number of halogens is 2. The first-order valence-electron chi connectivity index (χ1n) is 8.42. The number of nitrogens with one attached hydrogen (secondary N) is 1. The van der Waals surface area contributed by atoms with Gasteiger partial charge < -0.3 is 19.5 Å². The van der Waals surface area contributed by atoms with Gasteiger partial charge in [-0.25, -0.2) is 0 Å². The van der Waals surface area contributed by atoms with Gasteiger partial charge in [-0.05, 0) is 30.0 Å². The second kappa shape index (κ2) is 6.63. The summed E-state index contributed by atoms with van der Waals surface area (Å²) in [5.41, 5.74) is 1.82. The number of hydrogen-bond donors (Lipinski definition) is 1. The first-order valence-corrected chi connectivity index (χ1v) is 8.42. The molecule has 0 aliphatic carbocycles. The molecule has 26 heavy (non-hydrogen) atoms. The molecule has 0 bridgehead atoms. The largest absolute Gasteiger partial charge is 0.586 e. The summed E-state index contributed by atoms with van der Waals surface area (Å²) in [6.45, 7) is 10.3. The topological polar surface area (TPSA) is 56.8 Å².